The van der Waals surface area contributed by atoms with Crippen molar-refractivity contribution in [1.29, 1.82) is 0 Å². The average Bonchev–Trinajstić information content (AvgIpc) is 2.19. The minimum absolute atomic E-state index is 0.131. The van der Waals surface area contributed by atoms with E-state index in [9.17, 15) is 9.18 Å². The molecule has 0 aliphatic heterocycles. The van der Waals surface area contributed by atoms with Crippen LogP contribution in [0.15, 0.2) is 30.3 Å². The Bertz CT molecular complexity index is 547. The Balaban J connectivity index is 2.88. The molecule has 0 radical (unpaired) electrons. The first-order valence-electron chi connectivity index (χ1n) is 4.52. The maximum atomic E-state index is 13.4. The van der Waals surface area contributed by atoms with E-state index in [1.54, 1.807) is 18.2 Å². The molecule has 2 nitrogen and oxygen atoms in total. The van der Waals surface area contributed by atoms with E-state index in [1.807, 2.05) is 6.92 Å². The molecular formula is C12H9FO2. The molecule has 76 valence electrons. The van der Waals surface area contributed by atoms with Crippen LogP contribution in [0, 0.1) is 12.7 Å². The number of aromatic carboxylic acids is 1. The Morgan fingerprint density at radius 2 is 1.93 bits per heavy atom. The van der Waals surface area contributed by atoms with Crippen LogP contribution in [0.1, 0.15) is 15.9 Å². The average molecular weight is 204 g/mol. The van der Waals surface area contributed by atoms with Crippen LogP contribution in [0.2, 0.25) is 0 Å². The first kappa shape index (κ1) is 9.65. The Hall–Kier alpha value is -1.90. The second kappa shape index (κ2) is 3.35. The molecule has 0 amide bonds. The number of carbonyl (C=O) groups is 1. The highest BCUT2D eigenvalue weighted by Gasteiger charge is 2.10. The number of hydrogen-bond donors (Lipinski definition) is 1. The lowest BCUT2D eigenvalue weighted by molar-refractivity contribution is 0.0699. The third kappa shape index (κ3) is 1.56. The molecule has 0 saturated heterocycles. The number of carboxylic acids is 1. The minimum atomic E-state index is -1.04. The molecule has 0 bridgehead atoms. The SMILES string of the molecule is Cc1ccc2c(C(=O)O)ccc(F)c2c1. The lowest BCUT2D eigenvalue weighted by Gasteiger charge is -2.04. The Morgan fingerprint density at radius 3 is 2.60 bits per heavy atom. The molecule has 0 unspecified atom stereocenters. The van der Waals surface area contributed by atoms with Crippen LogP contribution in [-0.2, 0) is 0 Å². The van der Waals surface area contributed by atoms with Crippen molar-refractivity contribution < 1.29 is 14.3 Å². The van der Waals surface area contributed by atoms with Gasteiger partial charge in [-0.05, 0) is 30.5 Å². The highest BCUT2D eigenvalue weighted by molar-refractivity contribution is 6.03. The maximum absolute atomic E-state index is 13.4. The van der Waals surface area contributed by atoms with Crippen molar-refractivity contribution >= 4 is 16.7 Å². The molecule has 0 heterocycles. The fourth-order valence-corrected chi connectivity index (χ4v) is 1.61. The van der Waals surface area contributed by atoms with Crippen LogP contribution in [-0.4, -0.2) is 11.1 Å². The maximum Gasteiger partial charge on any atom is 0.336 e. The van der Waals surface area contributed by atoms with E-state index in [-0.39, 0.29) is 5.56 Å². The number of carboxylic acid groups (broad SMARTS) is 1. The molecule has 0 atom stereocenters. The molecule has 2 aromatic rings. The van der Waals surface area contributed by atoms with Gasteiger partial charge in [0.25, 0.3) is 0 Å². The van der Waals surface area contributed by atoms with Gasteiger partial charge in [0.2, 0.25) is 0 Å². The van der Waals surface area contributed by atoms with Gasteiger partial charge in [-0.3, -0.25) is 0 Å². The fourth-order valence-electron chi connectivity index (χ4n) is 1.61. The molecule has 0 aliphatic rings. The third-order valence-corrected chi connectivity index (χ3v) is 2.35. The monoisotopic (exact) mass is 204 g/mol. The predicted molar refractivity (Wildman–Crippen MR) is 55.6 cm³/mol. The van der Waals surface area contributed by atoms with Gasteiger partial charge in [-0.1, -0.05) is 17.7 Å². The van der Waals surface area contributed by atoms with E-state index < -0.39 is 11.8 Å². The number of fused-ring (bicyclic) bond motifs is 1. The van der Waals surface area contributed by atoms with Gasteiger partial charge in [0.1, 0.15) is 5.82 Å². The van der Waals surface area contributed by atoms with Crippen molar-refractivity contribution in [2.45, 2.75) is 6.92 Å². The summed E-state index contributed by atoms with van der Waals surface area (Å²) >= 11 is 0. The summed E-state index contributed by atoms with van der Waals surface area (Å²) in [5.74, 6) is -1.43. The molecule has 0 fully saturated rings. The number of benzene rings is 2. The molecule has 15 heavy (non-hydrogen) atoms. The second-order valence-corrected chi connectivity index (χ2v) is 3.45. The number of halogens is 1. The van der Waals surface area contributed by atoms with Gasteiger partial charge in [0.05, 0.1) is 5.56 Å². The summed E-state index contributed by atoms with van der Waals surface area (Å²) in [4.78, 5) is 10.9. The number of aryl methyl sites for hydroxylation is 1. The molecular weight excluding hydrogens is 195 g/mol. The summed E-state index contributed by atoms with van der Waals surface area (Å²) in [7, 11) is 0. The topological polar surface area (TPSA) is 37.3 Å². The van der Waals surface area contributed by atoms with Gasteiger partial charge in [-0.25, -0.2) is 9.18 Å². The normalized spacial score (nSPS) is 10.5. The van der Waals surface area contributed by atoms with E-state index in [0.29, 0.717) is 10.8 Å². The lowest BCUT2D eigenvalue weighted by atomic mass is 10.0. The van der Waals surface area contributed by atoms with E-state index in [1.165, 1.54) is 12.1 Å². The van der Waals surface area contributed by atoms with Gasteiger partial charge >= 0.3 is 5.97 Å². The van der Waals surface area contributed by atoms with Crippen LogP contribution >= 0.6 is 0 Å². The first-order valence-corrected chi connectivity index (χ1v) is 4.52. The summed E-state index contributed by atoms with van der Waals surface area (Å²) in [6, 6.07) is 7.53. The summed E-state index contributed by atoms with van der Waals surface area (Å²) in [6.45, 7) is 1.84. The Labute approximate surface area is 86.0 Å². The Morgan fingerprint density at radius 1 is 1.20 bits per heavy atom. The van der Waals surface area contributed by atoms with Crippen molar-refractivity contribution in [1.82, 2.24) is 0 Å². The van der Waals surface area contributed by atoms with Gasteiger partial charge in [0.15, 0.2) is 0 Å². The fraction of sp³-hybridized carbons (Fsp3) is 0.0833. The summed E-state index contributed by atoms with van der Waals surface area (Å²) < 4.78 is 13.4. The van der Waals surface area contributed by atoms with Crippen LogP contribution in [0.25, 0.3) is 10.8 Å². The van der Waals surface area contributed by atoms with Crippen LogP contribution in [0.5, 0.6) is 0 Å². The lowest BCUT2D eigenvalue weighted by Crippen LogP contribution is -1.98. The summed E-state index contributed by atoms with van der Waals surface area (Å²) in [6.07, 6.45) is 0. The molecule has 0 saturated carbocycles. The largest absolute Gasteiger partial charge is 0.478 e. The van der Waals surface area contributed by atoms with E-state index in [4.69, 9.17) is 5.11 Å². The molecule has 1 N–H and O–H groups in total. The summed E-state index contributed by atoms with van der Waals surface area (Å²) in [5, 5.41) is 9.72. The highest BCUT2D eigenvalue weighted by Crippen LogP contribution is 2.23. The minimum Gasteiger partial charge on any atom is -0.478 e. The van der Waals surface area contributed by atoms with E-state index in [0.717, 1.165) is 5.56 Å². The van der Waals surface area contributed by atoms with Gasteiger partial charge in [-0.2, -0.15) is 0 Å². The van der Waals surface area contributed by atoms with Gasteiger partial charge in [0, 0.05) is 5.39 Å². The van der Waals surface area contributed by atoms with E-state index >= 15 is 0 Å². The van der Waals surface area contributed by atoms with Crippen molar-refractivity contribution in [3.63, 3.8) is 0 Å². The predicted octanol–water partition coefficient (Wildman–Crippen LogP) is 2.99. The summed E-state index contributed by atoms with van der Waals surface area (Å²) in [5.41, 5.74) is 1.04. The van der Waals surface area contributed by atoms with Crippen molar-refractivity contribution in [3.8, 4) is 0 Å². The molecule has 0 aromatic heterocycles. The number of hydrogen-bond acceptors (Lipinski definition) is 1. The van der Waals surface area contributed by atoms with Crippen LogP contribution in [0.3, 0.4) is 0 Å². The van der Waals surface area contributed by atoms with Crippen molar-refractivity contribution in [2.75, 3.05) is 0 Å². The molecule has 0 aliphatic carbocycles. The molecule has 0 spiro atoms. The van der Waals surface area contributed by atoms with Gasteiger partial charge < -0.3 is 5.11 Å². The zero-order chi connectivity index (χ0) is 11.0. The highest BCUT2D eigenvalue weighted by atomic mass is 19.1. The van der Waals surface area contributed by atoms with Crippen molar-refractivity contribution in [3.05, 3.63) is 47.3 Å². The second-order valence-electron chi connectivity index (χ2n) is 3.45. The van der Waals surface area contributed by atoms with Crippen molar-refractivity contribution in [2.24, 2.45) is 0 Å². The molecule has 2 aromatic carbocycles. The molecule has 2 rings (SSSR count). The van der Waals surface area contributed by atoms with E-state index in [2.05, 4.69) is 0 Å². The van der Waals surface area contributed by atoms with Crippen LogP contribution < -0.4 is 0 Å². The molecule has 3 heteroatoms. The standard InChI is InChI=1S/C12H9FO2/c1-7-2-3-8-9(12(14)15)4-5-11(13)10(8)6-7/h2-6H,1H3,(H,14,15). The Kier molecular flexibility index (Phi) is 2.15. The quantitative estimate of drug-likeness (QED) is 0.775. The zero-order valence-corrected chi connectivity index (χ0v) is 8.12. The smallest absolute Gasteiger partial charge is 0.336 e. The third-order valence-electron chi connectivity index (χ3n) is 2.35. The van der Waals surface area contributed by atoms with Crippen LogP contribution in [0.4, 0.5) is 4.39 Å². The van der Waals surface area contributed by atoms with Gasteiger partial charge in [-0.15, -0.1) is 0 Å². The first-order chi connectivity index (χ1) is 7.09. The number of rotatable bonds is 1. The zero-order valence-electron chi connectivity index (χ0n) is 8.12.